The van der Waals surface area contributed by atoms with Gasteiger partial charge in [0.05, 0.1) is 12.1 Å². The van der Waals surface area contributed by atoms with Crippen molar-refractivity contribution >= 4 is 6.09 Å². The molecule has 1 atom stereocenters. The fourth-order valence-corrected chi connectivity index (χ4v) is 1.72. The first-order valence-electron chi connectivity index (χ1n) is 5.78. The number of hydrogen-bond acceptors (Lipinski definition) is 3. The Bertz CT molecular complexity index is 264. The van der Waals surface area contributed by atoms with Crippen molar-refractivity contribution in [1.29, 1.82) is 0 Å². The van der Waals surface area contributed by atoms with Gasteiger partial charge in [0.25, 0.3) is 0 Å². The van der Waals surface area contributed by atoms with Gasteiger partial charge < -0.3 is 14.7 Å². The Morgan fingerprint density at radius 3 is 2.25 bits per heavy atom. The molecule has 0 heterocycles. The predicted molar refractivity (Wildman–Crippen MR) is 62.2 cm³/mol. The zero-order valence-corrected chi connectivity index (χ0v) is 10.9. The van der Waals surface area contributed by atoms with Crippen molar-refractivity contribution in [2.45, 2.75) is 51.7 Å². The Hall–Kier alpha value is -0.770. The van der Waals surface area contributed by atoms with E-state index in [0.717, 1.165) is 12.8 Å². The van der Waals surface area contributed by atoms with Crippen LogP contribution in [-0.2, 0) is 4.74 Å². The minimum Gasteiger partial charge on any atom is -0.444 e. The summed E-state index contributed by atoms with van der Waals surface area (Å²) in [5.74, 6) is 0.331. The monoisotopic (exact) mass is 229 g/mol. The SMILES string of the molecule is CN(CC(C)(O)C1CC1)C(=O)OC(C)(C)C. The molecule has 1 aliphatic rings. The van der Waals surface area contributed by atoms with E-state index in [1.165, 1.54) is 4.90 Å². The Balaban J connectivity index is 2.45. The summed E-state index contributed by atoms with van der Waals surface area (Å²) >= 11 is 0. The number of rotatable bonds is 3. The third kappa shape index (κ3) is 4.00. The molecule has 0 aromatic carbocycles. The molecule has 4 nitrogen and oxygen atoms in total. The third-order valence-corrected chi connectivity index (χ3v) is 2.72. The Kier molecular flexibility index (Phi) is 3.53. The van der Waals surface area contributed by atoms with E-state index < -0.39 is 11.2 Å². The van der Waals surface area contributed by atoms with Gasteiger partial charge in [-0.15, -0.1) is 0 Å². The van der Waals surface area contributed by atoms with Gasteiger partial charge in [-0.2, -0.15) is 0 Å². The molecule has 1 fully saturated rings. The number of nitrogens with zero attached hydrogens (tertiary/aromatic N) is 1. The smallest absolute Gasteiger partial charge is 0.410 e. The van der Waals surface area contributed by atoms with Crippen molar-refractivity contribution < 1.29 is 14.6 Å². The number of hydrogen-bond donors (Lipinski definition) is 1. The Labute approximate surface area is 97.6 Å². The van der Waals surface area contributed by atoms with Gasteiger partial charge >= 0.3 is 6.09 Å². The second kappa shape index (κ2) is 4.24. The van der Waals surface area contributed by atoms with Gasteiger partial charge in [0.15, 0.2) is 0 Å². The molecule has 0 radical (unpaired) electrons. The molecule has 0 saturated heterocycles. The molecular weight excluding hydrogens is 206 g/mol. The number of likely N-dealkylation sites (N-methyl/N-ethyl adjacent to an activating group) is 1. The fourth-order valence-electron chi connectivity index (χ4n) is 1.72. The highest BCUT2D eigenvalue weighted by Gasteiger charge is 2.41. The van der Waals surface area contributed by atoms with Crippen LogP contribution in [0.2, 0.25) is 0 Å². The van der Waals surface area contributed by atoms with Gasteiger partial charge in [-0.3, -0.25) is 0 Å². The fraction of sp³-hybridized carbons (Fsp3) is 0.917. The van der Waals surface area contributed by atoms with Gasteiger partial charge in [0, 0.05) is 7.05 Å². The van der Waals surface area contributed by atoms with Gasteiger partial charge in [-0.05, 0) is 46.5 Å². The van der Waals surface area contributed by atoms with Crippen molar-refractivity contribution in [3.05, 3.63) is 0 Å². The number of aliphatic hydroxyl groups is 1. The van der Waals surface area contributed by atoms with Crippen LogP contribution in [-0.4, -0.2) is 40.9 Å². The summed E-state index contributed by atoms with van der Waals surface area (Å²) in [6.07, 6.45) is 1.72. The average molecular weight is 229 g/mol. The van der Waals surface area contributed by atoms with Crippen LogP contribution < -0.4 is 0 Å². The molecule has 1 rings (SSSR count). The second-order valence-corrected chi connectivity index (χ2v) is 5.97. The zero-order valence-electron chi connectivity index (χ0n) is 10.9. The lowest BCUT2D eigenvalue weighted by Crippen LogP contribution is -2.45. The molecule has 16 heavy (non-hydrogen) atoms. The lowest BCUT2D eigenvalue weighted by molar-refractivity contribution is -0.0134. The molecule has 0 spiro atoms. The van der Waals surface area contributed by atoms with Crippen LogP contribution in [0.15, 0.2) is 0 Å². The molecule has 0 aliphatic heterocycles. The summed E-state index contributed by atoms with van der Waals surface area (Å²) in [5.41, 5.74) is -1.28. The molecule has 0 aromatic heterocycles. The van der Waals surface area contributed by atoms with E-state index in [2.05, 4.69) is 0 Å². The summed E-state index contributed by atoms with van der Waals surface area (Å²) in [6.45, 7) is 7.60. The van der Waals surface area contributed by atoms with Crippen LogP contribution in [0.3, 0.4) is 0 Å². The molecule has 0 bridgehead atoms. The molecule has 1 N–H and O–H groups in total. The first-order valence-corrected chi connectivity index (χ1v) is 5.78. The first kappa shape index (κ1) is 13.3. The molecule has 4 heteroatoms. The summed E-state index contributed by atoms with van der Waals surface area (Å²) in [6, 6.07) is 0. The highest BCUT2D eigenvalue weighted by atomic mass is 16.6. The van der Waals surface area contributed by atoms with Gasteiger partial charge in [-0.25, -0.2) is 4.79 Å². The normalized spacial score (nSPS) is 20.1. The molecular formula is C12H23NO3. The topological polar surface area (TPSA) is 49.8 Å². The standard InChI is InChI=1S/C12H23NO3/c1-11(2,3)16-10(14)13(5)8-12(4,15)9-6-7-9/h9,15H,6-8H2,1-5H3. The van der Waals surface area contributed by atoms with Crippen molar-refractivity contribution in [2.24, 2.45) is 5.92 Å². The zero-order chi connectivity index (χ0) is 12.6. The van der Waals surface area contributed by atoms with E-state index in [0.29, 0.717) is 12.5 Å². The predicted octanol–water partition coefficient (Wildman–Crippen LogP) is 2.01. The van der Waals surface area contributed by atoms with E-state index in [-0.39, 0.29) is 6.09 Å². The summed E-state index contributed by atoms with van der Waals surface area (Å²) in [7, 11) is 1.66. The van der Waals surface area contributed by atoms with Crippen LogP contribution in [0.25, 0.3) is 0 Å². The third-order valence-electron chi connectivity index (χ3n) is 2.72. The first-order chi connectivity index (χ1) is 7.12. The summed E-state index contributed by atoms with van der Waals surface area (Å²) < 4.78 is 5.22. The highest BCUT2D eigenvalue weighted by molar-refractivity contribution is 5.67. The van der Waals surface area contributed by atoms with Gasteiger partial charge in [-0.1, -0.05) is 0 Å². The van der Waals surface area contributed by atoms with Crippen LogP contribution in [0.4, 0.5) is 4.79 Å². The van der Waals surface area contributed by atoms with Crippen LogP contribution in [0, 0.1) is 5.92 Å². The van der Waals surface area contributed by atoms with Gasteiger partial charge in [0.2, 0.25) is 0 Å². The lowest BCUT2D eigenvalue weighted by Gasteiger charge is -2.30. The van der Waals surface area contributed by atoms with Crippen LogP contribution >= 0.6 is 0 Å². The van der Waals surface area contributed by atoms with E-state index in [4.69, 9.17) is 4.74 Å². The van der Waals surface area contributed by atoms with Crippen molar-refractivity contribution in [2.75, 3.05) is 13.6 Å². The van der Waals surface area contributed by atoms with Crippen molar-refractivity contribution in [1.82, 2.24) is 4.90 Å². The lowest BCUT2D eigenvalue weighted by atomic mass is 10.0. The van der Waals surface area contributed by atoms with E-state index in [1.54, 1.807) is 14.0 Å². The maximum atomic E-state index is 11.7. The van der Waals surface area contributed by atoms with E-state index in [1.807, 2.05) is 20.8 Å². The van der Waals surface area contributed by atoms with Crippen molar-refractivity contribution in [3.8, 4) is 0 Å². The maximum absolute atomic E-state index is 11.7. The second-order valence-electron chi connectivity index (χ2n) is 5.97. The van der Waals surface area contributed by atoms with E-state index >= 15 is 0 Å². The quantitative estimate of drug-likeness (QED) is 0.805. The molecule has 94 valence electrons. The number of carbonyl (C=O) groups excluding carboxylic acids is 1. The highest BCUT2D eigenvalue weighted by Crippen LogP contribution is 2.39. The summed E-state index contributed by atoms with van der Waals surface area (Å²) in [4.78, 5) is 13.1. The molecule has 1 saturated carbocycles. The summed E-state index contributed by atoms with van der Waals surface area (Å²) in [5, 5.41) is 10.1. The minimum absolute atomic E-state index is 0.326. The average Bonchev–Trinajstić information content (AvgIpc) is 2.80. The number of amides is 1. The minimum atomic E-state index is -0.786. The van der Waals surface area contributed by atoms with Crippen LogP contribution in [0.5, 0.6) is 0 Å². The molecule has 1 amide bonds. The molecule has 1 aliphatic carbocycles. The van der Waals surface area contributed by atoms with Crippen molar-refractivity contribution in [3.63, 3.8) is 0 Å². The largest absolute Gasteiger partial charge is 0.444 e. The van der Waals surface area contributed by atoms with Gasteiger partial charge in [0.1, 0.15) is 5.60 Å². The van der Waals surface area contributed by atoms with Crippen LogP contribution in [0.1, 0.15) is 40.5 Å². The van der Waals surface area contributed by atoms with E-state index in [9.17, 15) is 9.90 Å². The Morgan fingerprint density at radius 1 is 1.38 bits per heavy atom. The number of ether oxygens (including phenoxy) is 1. The molecule has 0 aromatic rings. The Morgan fingerprint density at radius 2 is 1.88 bits per heavy atom. The number of carbonyl (C=O) groups is 1. The molecule has 1 unspecified atom stereocenters. The maximum Gasteiger partial charge on any atom is 0.410 e.